The van der Waals surface area contributed by atoms with Crippen molar-refractivity contribution in [3.8, 4) is 5.75 Å². The highest BCUT2D eigenvalue weighted by Gasteiger charge is 2.06. The van der Waals surface area contributed by atoms with Gasteiger partial charge in [-0.3, -0.25) is 0 Å². The fourth-order valence-electron chi connectivity index (χ4n) is 2.10. The molecule has 0 saturated carbocycles. The molecule has 0 unspecified atom stereocenters. The summed E-state index contributed by atoms with van der Waals surface area (Å²) in [5, 5.41) is 3.53. The molecule has 1 aromatic rings. The lowest BCUT2D eigenvalue weighted by atomic mass is 10.0. The van der Waals surface area contributed by atoms with E-state index in [0.717, 1.165) is 36.9 Å². The number of ether oxygens (including phenoxy) is 1. The summed E-state index contributed by atoms with van der Waals surface area (Å²) in [5.74, 6) is 1.73. The van der Waals surface area contributed by atoms with Crippen LogP contribution >= 0.6 is 0 Å². The predicted octanol–water partition coefficient (Wildman–Crippen LogP) is 5.10. The Balaban J connectivity index is 2.47. The van der Waals surface area contributed by atoms with Crippen LogP contribution in [0.5, 0.6) is 5.75 Å². The van der Waals surface area contributed by atoms with Crippen LogP contribution in [0.25, 0.3) is 0 Å². The summed E-state index contributed by atoms with van der Waals surface area (Å²) in [6, 6.07) is 8.27. The lowest BCUT2D eigenvalue weighted by molar-refractivity contribution is 0.307. The number of hydrogen-bond acceptors (Lipinski definition) is 2. The molecule has 0 aromatic heterocycles. The maximum Gasteiger partial charge on any atom is 0.142 e. The largest absolute Gasteiger partial charge is 0.491 e. The van der Waals surface area contributed by atoms with Crippen molar-refractivity contribution in [3.63, 3.8) is 0 Å². The monoisotopic (exact) mass is 263 g/mol. The third-order valence-electron chi connectivity index (χ3n) is 3.63. The molecular formula is C17H29NO. The average molecular weight is 263 g/mol. The Bertz CT molecular complexity index is 334. The molecule has 0 aliphatic heterocycles. The minimum absolute atomic E-state index is 0.744. The van der Waals surface area contributed by atoms with Crippen molar-refractivity contribution in [1.82, 2.24) is 0 Å². The van der Waals surface area contributed by atoms with E-state index in [1.807, 2.05) is 6.07 Å². The molecule has 0 aliphatic rings. The molecule has 0 aliphatic carbocycles. The minimum Gasteiger partial charge on any atom is -0.491 e. The molecule has 19 heavy (non-hydrogen) atoms. The molecule has 1 aromatic carbocycles. The first-order valence-electron chi connectivity index (χ1n) is 7.77. The first-order valence-corrected chi connectivity index (χ1v) is 7.77. The van der Waals surface area contributed by atoms with E-state index in [4.69, 9.17) is 4.74 Å². The Hall–Kier alpha value is -1.18. The molecule has 2 nitrogen and oxygen atoms in total. The van der Waals surface area contributed by atoms with Crippen LogP contribution in [0.4, 0.5) is 5.69 Å². The minimum atomic E-state index is 0.744. The Kier molecular flexibility index (Phi) is 8.11. The molecule has 1 N–H and O–H groups in total. The average Bonchev–Trinajstić information content (AvgIpc) is 2.46. The number of hydrogen-bond donors (Lipinski definition) is 1. The number of nitrogens with one attached hydrogen (secondary N) is 1. The van der Waals surface area contributed by atoms with E-state index in [9.17, 15) is 0 Å². The standard InChI is InChI=1S/C17H29NO/c1-4-7-10-13-19-17-12-9-8-11-16(17)18-14-15(5-2)6-3/h8-9,11-12,15,18H,4-7,10,13-14H2,1-3H3. The number of para-hydroxylation sites is 2. The van der Waals surface area contributed by atoms with Gasteiger partial charge in [-0.15, -0.1) is 0 Å². The normalized spacial score (nSPS) is 10.7. The maximum absolute atomic E-state index is 5.88. The smallest absolute Gasteiger partial charge is 0.142 e. The van der Waals surface area contributed by atoms with Crippen molar-refractivity contribution < 1.29 is 4.74 Å². The summed E-state index contributed by atoms with van der Waals surface area (Å²) in [5.41, 5.74) is 1.13. The van der Waals surface area contributed by atoms with Crippen molar-refractivity contribution in [2.24, 2.45) is 5.92 Å². The lowest BCUT2D eigenvalue weighted by Crippen LogP contribution is -2.13. The van der Waals surface area contributed by atoms with E-state index in [-0.39, 0.29) is 0 Å². The zero-order valence-corrected chi connectivity index (χ0v) is 12.7. The van der Waals surface area contributed by atoms with Gasteiger partial charge in [-0.25, -0.2) is 0 Å². The third kappa shape index (κ3) is 6.00. The van der Waals surface area contributed by atoms with Crippen molar-refractivity contribution in [3.05, 3.63) is 24.3 Å². The van der Waals surface area contributed by atoms with Gasteiger partial charge in [0.15, 0.2) is 0 Å². The fraction of sp³-hybridized carbons (Fsp3) is 0.647. The quantitative estimate of drug-likeness (QED) is 0.593. The van der Waals surface area contributed by atoms with Crippen molar-refractivity contribution in [1.29, 1.82) is 0 Å². The van der Waals surface area contributed by atoms with Crippen LogP contribution in [-0.4, -0.2) is 13.2 Å². The second-order valence-corrected chi connectivity index (χ2v) is 5.12. The van der Waals surface area contributed by atoms with E-state index in [2.05, 4.69) is 44.3 Å². The Morgan fingerprint density at radius 2 is 1.79 bits per heavy atom. The molecule has 0 spiro atoms. The van der Waals surface area contributed by atoms with Gasteiger partial charge < -0.3 is 10.1 Å². The van der Waals surface area contributed by atoms with Gasteiger partial charge in [0.05, 0.1) is 12.3 Å². The van der Waals surface area contributed by atoms with Crippen LogP contribution in [-0.2, 0) is 0 Å². The van der Waals surface area contributed by atoms with Crippen molar-refractivity contribution in [2.75, 3.05) is 18.5 Å². The highest BCUT2D eigenvalue weighted by Crippen LogP contribution is 2.24. The van der Waals surface area contributed by atoms with Gasteiger partial charge in [0, 0.05) is 6.54 Å². The van der Waals surface area contributed by atoms with Crippen molar-refractivity contribution >= 4 is 5.69 Å². The first kappa shape index (κ1) is 15.9. The van der Waals surface area contributed by atoms with Crippen LogP contribution in [0.15, 0.2) is 24.3 Å². The lowest BCUT2D eigenvalue weighted by Gasteiger charge is -2.17. The Labute approximate surface area is 118 Å². The van der Waals surface area contributed by atoms with Gasteiger partial charge in [0.1, 0.15) is 5.75 Å². The predicted molar refractivity (Wildman–Crippen MR) is 84.0 cm³/mol. The van der Waals surface area contributed by atoms with Gasteiger partial charge >= 0.3 is 0 Å². The molecule has 0 radical (unpaired) electrons. The third-order valence-corrected chi connectivity index (χ3v) is 3.63. The maximum atomic E-state index is 5.88. The summed E-state index contributed by atoms with van der Waals surface area (Å²) in [6.07, 6.45) is 6.06. The molecule has 0 amide bonds. The van der Waals surface area contributed by atoms with Crippen LogP contribution in [0, 0.1) is 5.92 Å². The van der Waals surface area contributed by atoms with Gasteiger partial charge in [0.25, 0.3) is 0 Å². The van der Waals surface area contributed by atoms with E-state index in [0.29, 0.717) is 0 Å². The number of anilines is 1. The van der Waals surface area contributed by atoms with Gasteiger partial charge in [-0.2, -0.15) is 0 Å². The van der Waals surface area contributed by atoms with Crippen molar-refractivity contribution in [2.45, 2.75) is 52.9 Å². The number of benzene rings is 1. The molecule has 108 valence electrons. The van der Waals surface area contributed by atoms with E-state index >= 15 is 0 Å². The molecule has 1 rings (SSSR count). The summed E-state index contributed by atoms with van der Waals surface area (Å²) in [4.78, 5) is 0. The van der Waals surface area contributed by atoms with Crippen LogP contribution in [0.2, 0.25) is 0 Å². The second kappa shape index (κ2) is 9.71. The van der Waals surface area contributed by atoms with E-state index < -0.39 is 0 Å². The molecule has 0 heterocycles. The van der Waals surface area contributed by atoms with Gasteiger partial charge in [-0.1, -0.05) is 58.6 Å². The van der Waals surface area contributed by atoms with Gasteiger partial charge in [-0.05, 0) is 24.5 Å². The molecule has 0 saturated heterocycles. The Morgan fingerprint density at radius 1 is 1.05 bits per heavy atom. The zero-order valence-electron chi connectivity index (χ0n) is 12.7. The zero-order chi connectivity index (χ0) is 13.9. The van der Waals surface area contributed by atoms with Crippen LogP contribution in [0.1, 0.15) is 52.9 Å². The van der Waals surface area contributed by atoms with Gasteiger partial charge in [0.2, 0.25) is 0 Å². The summed E-state index contributed by atoms with van der Waals surface area (Å²) in [6.45, 7) is 8.57. The molecule has 2 heteroatoms. The second-order valence-electron chi connectivity index (χ2n) is 5.12. The fourth-order valence-corrected chi connectivity index (χ4v) is 2.10. The molecular weight excluding hydrogens is 234 g/mol. The topological polar surface area (TPSA) is 21.3 Å². The molecule has 0 atom stereocenters. The molecule has 0 fully saturated rings. The number of rotatable bonds is 10. The highest BCUT2D eigenvalue weighted by molar-refractivity contribution is 5.56. The van der Waals surface area contributed by atoms with E-state index in [1.165, 1.54) is 25.7 Å². The highest BCUT2D eigenvalue weighted by atomic mass is 16.5. The first-order chi connectivity index (χ1) is 9.31. The summed E-state index contributed by atoms with van der Waals surface area (Å²) < 4.78 is 5.88. The summed E-state index contributed by atoms with van der Waals surface area (Å²) >= 11 is 0. The van der Waals surface area contributed by atoms with Crippen LogP contribution < -0.4 is 10.1 Å². The van der Waals surface area contributed by atoms with E-state index in [1.54, 1.807) is 0 Å². The summed E-state index contributed by atoms with van der Waals surface area (Å²) in [7, 11) is 0. The molecule has 0 bridgehead atoms. The number of unbranched alkanes of at least 4 members (excludes halogenated alkanes) is 2. The van der Waals surface area contributed by atoms with Crippen LogP contribution in [0.3, 0.4) is 0 Å². The Morgan fingerprint density at radius 3 is 2.47 bits per heavy atom. The SMILES string of the molecule is CCCCCOc1ccccc1NCC(CC)CC.